The van der Waals surface area contributed by atoms with Gasteiger partial charge in [0.1, 0.15) is 5.75 Å². The van der Waals surface area contributed by atoms with E-state index >= 15 is 0 Å². The molecule has 0 bridgehead atoms. The van der Waals surface area contributed by atoms with Crippen LogP contribution in [0.15, 0.2) is 24.3 Å². The van der Waals surface area contributed by atoms with Crippen molar-refractivity contribution in [1.82, 2.24) is 9.88 Å². The topological polar surface area (TPSA) is 62.4 Å². The van der Waals surface area contributed by atoms with Gasteiger partial charge in [-0.25, -0.2) is 0 Å². The number of aromatic nitrogens is 1. The molecule has 5 nitrogen and oxygen atoms in total. The molecule has 1 aliphatic heterocycles. The van der Waals surface area contributed by atoms with Crippen molar-refractivity contribution in [3.63, 3.8) is 0 Å². The Labute approximate surface area is 141 Å². The van der Waals surface area contributed by atoms with Crippen LogP contribution in [0.5, 0.6) is 5.75 Å². The van der Waals surface area contributed by atoms with E-state index in [1.807, 2.05) is 0 Å². The summed E-state index contributed by atoms with van der Waals surface area (Å²) >= 11 is 0. The number of allylic oxidation sites excluding steroid dienone is 1. The third kappa shape index (κ3) is 2.99. The van der Waals surface area contributed by atoms with Crippen LogP contribution in [0.3, 0.4) is 0 Å². The van der Waals surface area contributed by atoms with E-state index in [2.05, 4.69) is 4.98 Å². The number of ether oxygens (including phenoxy) is 1. The van der Waals surface area contributed by atoms with Crippen LogP contribution in [0.2, 0.25) is 0 Å². The molecule has 1 N–H and O–H groups in total. The lowest BCUT2D eigenvalue weighted by Crippen LogP contribution is -2.34. The van der Waals surface area contributed by atoms with Crippen molar-refractivity contribution in [3.8, 4) is 5.75 Å². The Balaban J connectivity index is 2.20. The third-order valence-corrected chi connectivity index (χ3v) is 4.17. The molecule has 1 aromatic carbocycles. The Bertz CT molecular complexity index is 896. The van der Waals surface area contributed by atoms with Crippen LogP contribution < -0.4 is 4.74 Å². The SMILES string of the molecule is COc1ccc2[nH]c3c(c2c1)CCN(C(C)=O)/C3=C/C(=O)C(F)(F)F. The van der Waals surface area contributed by atoms with Gasteiger partial charge in [0.25, 0.3) is 5.78 Å². The van der Waals surface area contributed by atoms with Gasteiger partial charge in [0.2, 0.25) is 5.91 Å². The molecule has 0 fully saturated rings. The Kier molecular flexibility index (Phi) is 4.06. The summed E-state index contributed by atoms with van der Waals surface area (Å²) in [6, 6.07) is 5.24. The molecule has 0 spiro atoms. The van der Waals surface area contributed by atoms with Gasteiger partial charge in [0.15, 0.2) is 0 Å². The number of carbonyl (C=O) groups excluding carboxylic acids is 2. The molecule has 0 aliphatic carbocycles. The number of hydrogen-bond donors (Lipinski definition) is 1. The van der Waals surface area contributed by atoms with Crippen molar-refractivity contribution in [1.29, 1.82) is 0 Å². The molecule has 0 saturated heterocycles. The maximum Gasteiger partial charge on any atom is 0.454 e. The molecule has 1 amide bonds. The second-order valence-electron chi connectivity index (χ2n) is 5.70. The molecule has 1 aliphatic rings. The van der Waals surface area contributed by atoms with Gasteiger partial charge >= 0.3 is 6.18 Å². The highest BCUT2D eigenvalue weighted by atomic mass is 19.4. The highest BCUT2D eigenvalue weighted by Gasteiger charge is 2.38. The number of halogens is 3. The number of alkyl halides is 3. The summed E-state index contributed by atoms with van der Waals surface area (Å²) in [6.45, 7) is 1.45. The van der Waals surface area contributed by atoms with Gasteiger partial charge in [0.05, 0.1) is 18.5 Å². The molecule has 2 aromatic rings. The molecule has 2 heterocycles. The maximum atomic E-state index is 12.7. The Hall–Kier alpha value is -2.77. The molecule has 3 rings (SSSR count). The van der Waals surface area contributed by atoms with Crippen LogP contribution in [0.1, 0.15) is 18.2 Å². The summed E-state index contributed by atoms with van der Waals surface area (Å²) in [5.41, 5.74) is 1.74. The van der Waals surface area contributed by atoms with E-state index in [9.17, 15) is 22.8 Å². The van der Waals surface area contributed by atoms with E-state index < -0.39 is 17.9 Å². The van der Waals surface area contributed by atoms with Crippen molar-refractivity contribution >= 4 is 28.3 Å². The Morgan fingerprint density at radius 3 is 2.64 bits per heavy atom. The van der Waals surface area contributed by atoms with Gasteiger partial charge in [-0.2, -0.15) is 13.2 Å². The zero-order valence-electron chi connectivity index (χ0n) is 13.5. The first-order valence-electron chi connectivity index (χ1n) is 7.52. The normalized spacial score (nSPS) is 16.2. The largest absolute Gasteiger partial charge is 0.497 e. The first-order chi connectivity index (χ1) is 11.7. The number of amides is 1. The van der Waals surface area contributed by atoms with Crippen LogP contribution in [0, 0.1) is 0 Å². The minimum absolute atomic E-state index is 0.0637. The number of methoxy groups -OCH3 is 1. The summed E-state index contributed by atoms with van der Waals surface area (Å²) in [5.74, 6) is -1.82. The second kappa shape index (κ2) is 5.94. The highest BCUT2D eigenvalue weighted by molar-refractivity contribution is 6.04. The number of carbonyl (C=O) groups is 2. The van der Waals surface area contributed by atoms with E-state index in [4.69, 9.17) is 4.74 Å². The quantitative estimate of drug-likeness (QED) is 0.845. The predicted octanol–water partition coefficient (Wildman–Crippen LogP) is 3.05. The number of nitrogens with one attached hydrogen (secondary N) is 1. The summed E-state index contributed by atoms with van der Waals surface area (Å²) < 4.78 is 43.2. The number of aromatic amines is 1. The van der Waals surface area contributed by atoms with Crippen molar-refractivity contribution in [3.05, 3.63) is 35.5 Å². The highest BCUT2D eigenvalue weighted by Crippen LogP contribution is 2.36. The lowest BCUT2D eigenvalue weighted by Gasteiger charge is -2.29. The maximum absolute atomic E-state index is 12.7. The van der Waals surface area contributed by atoms with Crippen molar-refractivity contribution in [2.75, 3.05) is 13.7 Å². The van der Waals surface area contributed by atoms with Crippen LogP contribution in [0.4, 0.5) is 13.2 Å². The van der Waals surface area contributed by atoms with Gasteiger partial charge < -0.3 is 14.6 Å². The van der Waals surface area contributed by atoms with Crippen LogP contribution in [0.25, 0.3) is 16.6 Å². The predicted molar refractivity (Wildman–Crippen MR) is 85.0 cm³/mol. The lowest BCUT2D eigenvalue weighted by molar-refractivity contribution is -0.165. The van der Waals surface area contributed by atoms with E-state index in [1.54, 1.807) is 18.2 Å². The van der Waals surface area contributed by atoms with Crippen LogP contribution in [-0.2, 0) is 16.0 Å². The molecule has 0 atom stereocenters. The molecule has 0 saturated carbocycles. The van der Waals surface area contributed by atoms with E-state index in [1.165, 1.54) is 18.9 Å². The minimum Gasteiger partial charge on any atom is -0.497 e. The van der Waals surface area contributed by atoms with Crippen molar-refractivity contribution in [2.45, 2.75) is 19.5 Å². The van der Waals surface area contributed by atoms with Crippen molar-refractivity contribution < 1.29 is 27.5 Å². The van der Waals surface area contributed by atoms with Gasteiger partial charge in [-0.1, -0.05) is 0 Å². The molecule has 0 radical (unpaired) electrons. The van der Waals surface area contributed by atoms with Crippen LogP contribution >= 0.6 is 0 Å². The summed E-state index contributed by atoms with van der Waals surface area (Å²) in [4.78, 5) is 27.5. The van der Waals surface area contributed by atoms with Gasteiger partial charge in [-0.3, -0.25) is 9.59 Å². The summed E-state index contributed by atoms with van der Waals surface area (Å²) in [7, 11) is 1.52. The summed E-state index contributed by atoms with van der Waals surface area (Å²) in [5, 5.41) is 0.794. The number of ketones is 1. The molecular formula is C17H15F3N2O3. The molecule has 25 heavy (non-hydrogen) atoms. The average molecular weight is 352 g/mol. The molecule has 132 valence electrons. The number of rotatable bonds is 2. The van der Waals surface area contributed by atoms with Crippen LogP contribution in [-0.4, -0.2) is 41.4 Å². The van der Waals surface area contributed by atoms with E-state index in [-0.39, 0.29) is 12.2 Å². The smallest absolute Gasteiger partial charge is 0.454 e. The first-order valence-corrected chi connectivity index (χ1v) is 7.52. The van der Waals surface area contributed by atoms with E-state index in [0.717, 1.165) is 10.9 Å². The van der Waals surface area contributed by atoms with Gasteiger partial charge in [-0.05, 0) is 30.2 Å². The second-order valence-corrected chi connectivity index (χ2v) is 5.70. The number of H-pyrrole nitrogens is 1. The lowest BCUT2D eigenvalue weighted by atomic mass is 9.99. The average Bonchev–Trinajstić information content (AvgIpc) is 2.92. The fourth-order valence-electron chi connectivity index (χ4n) is 2.99. The number of nitrogens with zero attached hydrogens (tertiary/aromatic N) is 1. The first kappa shape index (κ1) is 17.1. The molecule has 8 heteroatoms. The Morgan fingerprint density at radius 1 is 1.32 bits per heavy atom. The number of fused-ring (bicyclic) bond motifs is 3. The molecular weight excluding hydrogens is 337 g/mol. The minimum atomic E-state index is -5.00. The molecule has 1 aromatic heterocycles. The van der Waals surface area contributed by atoms with E-state index in [0.29, 0.717) is 29.5 Å². The fraction of sp³-hybridized carbons (Fsp3) is 0.294. The summed E-state index contributed by atoms with van der Waals surface area (Å²) in [6.07, 6.45) is -4.06. The Morgan fingerprint density at radius 2 is 2.04 bits per heavy atom. The fourth-order valence-corrected chi connectivity index (χ4v) is 2.99. The zero-order valence-corrected chi connectivity index (χ0v) is 13.5. The van der Waals surface area contributed by atoms with Gasteiger partial charge in [-0.15, -0.1) is 0 Å². The third-order valence-electron chi connectivity index (χ3n) is 4.17. The van der Waals surface area contributed by atoms with Gasteiger partial charge in [0, 0.05) is 30.4 Å². The monoisotopic (exact) mass is 352 g/mol. The number of benzene rings is 1. The van der Waals surface area contributed by atoms with Crippen molar-refractivity contribution in [2.24, 2.45) is 0 Å². The zero-order chi connectivity index (χ0) is 18.4. The molecule has 0 unspecified atom stereocenters. The standard InChI is InChI=1S/C17H15F3N2O3/c1-9(23)22-6-5-11-12-7-10(25-2)3-4-13(12)21-16(11)14(22)8-15(24)17(18,19)20/h3-4,7-8,21H,5-6H2,1-2H3/b14-8+. The number of hydrogen-bond acceptors (Lipinski definition) is 3.